The predicted molar refractivity (Wildman–Crippen MR) is 73.0 cm³/mol. The molecule has 0 saturated carbocycles. The Morgan fingerprint density at radius 3 is 3.06 bits per heavy atom. The fraction of sp³-hybridized carbons (Fsp3) is 0.462. The molecule has 1 amide bonds. The van der Waals surface area contributed by atoms with Crippen LogP contribution in [-0.2, 0) is 16.1 Å². The van der Waals surface area contributed by atoms with Gasteiger partial charge in [-0.3, -0.25) is 9.69 Å². The van der Waals surface area contributed by atoms with Crippen LogP contribution in [0.5, 0.6) is 0 Å². The third kappa shape index (κ3) is 3.10. The molecule has 0 bridgehead atoms. The normalized spacial score (nSPS) is 25.0. The van der Waals surface area contributed by atoms with E-state index in [0.29, 0.717) is 13.2 Å². The topological polar surface area (TPSA) is 55.6 Å². The molecule has 0 spiro atoms. The van der Waals surface area contributed by atoms with E-state index in [1.165, 1.54) is 5.56 Å². The Hall–Kier alpha value is -0.910. The summed E-state index contributed by atoms with van der Waals surface area (Å²) in [4.78, 5) is 13.6. The SMILES string of the molecule is CC1(C(N)=O)CN(Cc2cccc(Br)c2)CCO1. The van der Waals surface area contributed by atoms with Crippen LogP contribution in [0.15, 0.2) is 28.7 Å². The van der Waals surface area contributed by atoms with Crippen molar-refractivity contribution < 1.29 is 9.53 Å². The smallest absolute Gasteiger partial charge is 0.250 e. The number of hydrogen-bond donors (Lipinski definition) is 1. The van der Waals surface area contributed by atoms with E-state index < -0.39 is 11.5 Å². The molecule has 1 fully saturated rings. The van der Waals surface area contributed by atoms with Crippen LogP contribution in [0.25, 0.3) is 0 Å². The molecule has 1 unspecified atom stereocenters. The van der Waals surface area contributed by atoms with Crippen LogP contribution in [0, 0.1) is 0 Å². The van der Waals surface area contributed by atoms with Crippen molar-refractivity contribution in [1.82, 2.24) is 4.90 Å². The maximum atomic E-state index is 11.4. The third-order valence-electron chi connectivity index (χ3n) is 3.17. The van der Waals surface area contributed by atoms with Crippen molar-refractivity contribution in [3.63, 3.8) is 0 Å². The summed E-state index contributed by atoms with van der Waals surface area (Å²) in [5.74, 6) is -0.401. The largest absolute Gasteiger partial charge is 0.367 e. The van der Waals surface area contributed by atoms with E-state index in [1.807, 2.05) is 12.1 Å². The van der Waals surface area contributed by atoms with Crippen LogP contribution >= 0.6 is 15.9 Å². The van der Waals surface area contributed by atoms with Gasteiger partial charge in [0.2, 0.25) is 0 Å². The average Bonchev–Trinajstić information content (AvgIpc) is 2.29. The van der Waals surface area contributed by atoms with Gasteiger partial charge in [-0.15, -0.1) is 0 Å². The van der Waals surface area contributed by atoms with Crippen molar-refractivity contribution in [2.45, 2.75) is 19.1 Å². The van der Waals surface area contributed by atoms with Gasteiger partial charge >= 0.3 is 0 Å². The van der Waals surface area contributed by atoms with E-state index in [9.17, 15) is 4.79 Å². The highest BCUT2D eigenvalue weighted by Gasteiger charge is 2.37. The zero-order chi connectivity index (χ0) is 13.2. The Bertz CT molecular complexity index is 452. The van der Waals surface area contributed by atoms with Gasteiger partial charge in [0.1, 0.15) is 0 Å². The zero-order valence-electron chi connectivity index (χ0n) is 10.4. The number of halogens is 1. The molecular formula is C13H17BrN2O2. The second-order valence-corrected chi connectivity index (χ2v) is 5.70. The quantitative estimate of drug-likeness (QED) is 0.921. The molecule has 0 aromatic heterocycles. The summed E-state index contributed by atoms with van der Waals surface area (Å²) in [5.41, 5.74) is 5.72. The number of primary amides is 1. The molecule has 2 N–H and O–H groups in total. The first-order chi connectivity index (χ1) is 8.49. The first kappa shape index (κ1) is 13.5. The summed E-state index contributed by atoms with van der Waals surface area (Å²) in [7, 11) is 0. The standard InChI is InChI=1S/C13H17BrN2O2/c1-13(12(15)17)9-16(5-6-18-13)8-10-3-2-4-11(14)7-10/h2-4,7H,5-6,8-9H2,1H3,(H2,15,17). The number of amides is 1. The lowest BCUT2D eigenvalue weighted by Gasteiger charge is -2.38. The van der Waals surface area contributed by atoms with Gasteiger partial charge in [-0.2, -0.15) is 0 Å². The van der Waals surface area contributed by atoms with Crippen LogP contribution in [-0.4, -0.2) is 36.1 Å². The van der Waals surface area contributed by atoms with Gasteiger partial charge < -0.3 is 10.5 Å². The second kappa shape index (κ2) is 5.38. The predicted octanol–water partition coefficient (Wildman–Crippen LogP) is 1.53. The number of nitrogens with two attached hydrogens (primary N) is 1. The molecule has 1 aromatic carbocycles. The summed E-state index contributed by atoms with van der Waals surface area (Å²) in [6.07, 6.45) is 0. The Morgan fingerprint density at radius 1 is 1.61 bits per heavy atom. The number of morpholine rings is 1. The second-order valence-electron chi connectivity index (χ2n) is 4.78. The van der Waals surface area contributed by atoms with Gasteiger partial charge in [0, 0.05) is 24.1 Å². The molecule has 0 radical (unpaired) electrons. The third-order valence-corrected chi connectivity index (χ3v) is 3.66. The van der Waals surface area contributed by atoms with Crippen molar-refractivity contribution in [2.24, 2.45) is 5.73 Å². The fourth-order valence-electron chi connectivity index (χ4n) is 2.13. The Labute approximate surface area is 115 Å². The summed E-state index contributed by atoms with van der Waals surface area (Å²) < 4.78 is 6.55. The lowest BCUT2D eigenvalue weighted by Crippen LogP contribution is -2.56. The maximum absolute atomic E-state index is 11.4. The van der Waals surface area contributed by atoms with Gasteiger partial charge in [0.05, 0.1) is 6.61 Å². The van der Waals surface area contributed by atoms with E-state index in [4.69, 9.17) is 10.5 Å². The number of benzene rings is 1. The molecule has 1 aromatic rings. The molecule has 98 valence electrons. The molecular weight excluding hydrogens is 296 g/mol. The van der Waals surface area contributed by atoms with E-state index in [2.05, 4.69) is 33.0 Å². The summed E-state index contributed by atoms with van der Waals surface area (Å²) in [6.45, 7) is 4.44. The molecule has 1 aliphatic heterocycles. The lowest BCUT2D eigenvalue weighted by molar-refractivity contribution is -0.153. The Morgan fingerprint density at radius 2 is 2.39 bits per heavy atom. The molecule has 5 heteroatoms. The molecule has 1 saturated heterocycles. The molecule has 0 aliphatic carbocycles. The fourth-order valence-corrected chi connectivity index (χ4v) is 2.58. The Balaban J connectivity index is 2.04. The summed E-state index contributed by atoms with van der Waals surface area (Å²) in [6, 6.07) is 8.16. The number of nitrogens with zero attached hydrogens (tertiary/aromatic N) is 1. The van der Waals surface area contributed by atoms with Gasteiger partial charge in [0.15, 0.2) is 5.60 Å². The first-order valence-corrected chi connectivity index (χ1v) is 6.69. The maximum Gasteiger partial charge on any atom is 0.250 e. The van der Waals surface area contributed by atoms with Gasteiger partial charge in [0.25, 0.3) is 5.91 Å². The minimum atomic E-state index is -0.871. The first-order valence-electron chi connectivity index (χ1n) is 5.90. The van der Waals surface area contributed by atoms with Crippen LogP contribution in [0.1, 0.15) is 12.5 Å². The molecule has 4 nitrogen and oxygen atoms in total. The average molecular weight is 313 g/mol. The highest BCUT2D eigenvalue weighted by molar-refractivity contribution is 9.10. The number of carbonyl (C=O) groups excluding carboxylic acids is 1. The highest BCUT2D eigenvalue weighted by Crippen LogP contribution is 2.20. The zero-order valence-corrected chi connectivity index (χ0v) is 11.9. The number of hydrogen-bond acceptors (Lipinski definition) is 3. The van der Waals surface area contributed by atoms with Crippen LogP contribution < -0.4 is 5.73 Å². The van der Waals surface area contributed by atoms with Crippen molar-refractivity contribution in [1.29, 1.82) is 0 Å². The van der Waals surface area contributed by atoms with Crippen LogP contribution in [0.3, 0.4) is 0 Å². The number of carbonyl (C=O) groups is 1. The Kier molecular flexibility index (Phi) is 4.04. The molecule has 1 aliphatic rings. The van der Waals surface area contributed by atoms with Crippen molar-refractivity contribution in [3.8, 4) is 0 Å². The molecule has 18 heavy (non-hydrogen) atoms. The number of ether oxygens (including phenoxy) is 1. The molecule has 1 atom stereocenters. The number of rotatable bonds is 3. The summed E-state index contributed by atoms with van der Waals surface area (Å²) >= 11 is 3.46. The monoisotopic (exact) mass is 312 g/mol. The van der Waals surface area contributed by atoms with Crippen molar-refractivity contribution in [2.75, 3.05) is 19.7 Å². The van der Waals surface area contributed by atoms with E-state index in [0.717, 1.165) is 17.6 Å². The molecule has 1 heterocycles. The summed E-state index contributed by atoms with van der Waals surface area (Å²) in [5, 5.41) is 0. The van der Waals surface area contributed by atoms with Gasteiger partial charge in [-0.25, -0.2) is 0 Å². The van der Waals surface area contributed by atoms with Crippen LogP contribution in [0.4, 0.5) is 0 Å². The molecule has 2 rings (SSSR count). The van der Waals surface area contributed by atoms with E-state index in [1.54, 1.807) is 6.92 Å². The van der Waals surface area contributed by atoms with Crippen molar-refractivity contribution >= 4 is 21.8 Å². The minimum Gasteiger partial charge on any atom is -0.367 e. The highest BCUT2D eigenvalue weighted by atomic mass is 79.9. The van der Waals surface area contributed by atoms with E-state index >= 15 is 0 Å². The van der Waals surface area contributed by atoms with Gasteiger partial charge in [-0.05, 0) is 24.6 Å². The lowest BCUT2D eigenvalue weighted by atomic mass is 10.0. The van der Waals surface area contributed by atoms with Gasteiger partial charge in [-0.1, -0.05) is 28.1 Å². The van der Waals surface area contributed by atoms with E-state index in [-0.39, 0.29) is 0 Å². The van der Waals surface area contributed by atoms with Crippen molar-refractivity contribution in [3.05, 3.63) is 34.3 Å². The minimum absolute atomic E-state index is 0.401. The van der Waals surface area contributed by atoms with Crippen LogP contribution in [0.2, 0.25) is 0 Å².